The number of aromatic nitrogens is 2. The molecule has 0 spiro atoms. The van der Waals surface area contributed by atoms with Crippen LogP contribution in [0.2, 0.25) is 0 Å². The molecule has 3 heterocycles. The normalized spacial score (nSPS) is 18.6. The number of hydrogen-bond donors (Lipinski definition) is 0. The summed E-state index contributed by atoms with van der Waals surface area (Å²) in [6.45, 7) is 5.24. The van der Waals surface area contributed by atoms with Crippen molar-refractivity contribution in [2.45, 2.75) is 25.8 Å². The van der Waals surface area contributed by atoms with Crippen molar-refractivity contribution in [3.05, 3.63) is 58.8 Å². The summed E-state index contributed by atoms with van der Waals surface area (Å²) in [6, 6.07) is 12.6. The standard InChI is InChI=1S/C18H19N3OS/c1-13-5-2-3-6-14(13)11-21-9-8-15(12-21)18-19-17(20-22-18)16-7-4-10-23-16/h2-7,10,15H,8-9,11-12H2,1H3. The summed E-state index contributed by atoms with van der Waals surface area (Å²) in [6.07, 6.45) is 1.08. The van der Waals surface area contributed by atoms with Crippen LogP contribution in [0.3, 0.4) is 0 Å². The van der Waals surface area contributed by atoms with Crippen molar-refractivity contribution in [2.24, 2.45) is 0 Å². The number of hydrogen-bond acceptors (Lipinski definition) is 5. The molecule has 5 heteroatoms. The van der Waals surface area contributed by atoms with Gasteiger partial charge in [0.1, 0.15) is 0 Å². The van der Waals surface area contributed by atoms with Crippen molar-refractivity contribution in [1.29, 1.82) is 0 Å². The van der Waals surface area contributed by atoms with Gasteiger partial charge in [0, 0.05) is 13.1 Å². The van der Waals surface area contributed by atoms with Gasteiger partial charge in [0.15, 0.2) is 0 Å². The van der Waals surface area contributed by atoms with Crippen molar-refractivity contribution in [3.63, 3.8) is 0 Å². The number of rotatable bonds is 4. The fraction of sp³-hybridized carbons (Fsp3) is 0.333. The van der Waals surface area contributed by atoms with Crippen LogP contribution < -0.4 is 0 Å². The SMILES string of the molecule is Cc1ccccc1CN1CCC(c2nc(-c3cccs3)no2)C1. The number of benzene rings is 1. The van der Waals surface area contributed by atoms with E-state index in [0.29, 0.717) is 11.7 Å². The van der Waals surface area contributed by atoms with Crippen molar-refractivity contribution in [3.8, 4) is 10.7 Å². The number of aryl methyl sites for hydroxylation is 1. The zero-order valence-electron chi connectivity index (χ0n) is 13.1. The Labute approximate surface area is 139 Å². The van der Waals surface area contributed by atoms with Crippen LogP contribution in [0.5, 0.6) is 0 Å². The minimum atomic E-state index is 0.347. The van der Waals surface area contributed by atoms with Gasteiger partial charge in [0.05, 0.1) is 10.8 Å². The molecule has 3 aromatic rings. The van der Waals surface area contributed by atoms with Crippen LogP contribution in [0, 0.1) is 6.92 Å². The summed E-state index contributed by atoms with van der Waals surface area (Å²) >= 11 is 1.64. The van der Waals surface area contributed by atoms with E-state index in [4.69, 9.17) is 4.52 Å². The van der Waals surface area contributed by atoms with Crippen LogP contribution in [-0.2, 0) is 6.54 Å². The van der Waals surface area contributed by atoms with Crippen molar-refractivity contribution >= 4 is 11.3 Å². The highest BCUT2D eigenvalue weighted by molar-refractivity contribution is 7.13. The van der Waals surface area contributed by atoms with Crippen molar-refractivity contribution in [1.82, 2.24) is 15.0 Å². The van der Waals surface area contributed by atoms with Gasteiger partial charge in [0.2, 0.25) is 11.7 Å². The lowest BCUT2D eigenvalue weighted by Crippen LogP contribution is -2.20. The summed E-state index contributed by atoms with van der Waals surface area (Å²) in [4.78, 5) is 8.14. The fourth-order valence-corrected chi connectivity index (χ4v) is 3.76. The molecule has 4 rings (SSSR count). The molecule has 1 fully saturated rings. The average molecular weight is 325 g/mol. The Hall–Kier alpha value is -1.98. The molecule has 2 aromatic heterocycles. The molecule has 1 saturated heterocycles. The first-order valence-electron chi connectivity index (χ1n) is 7.94. The Morgan fingerprint density at radius 3 is 3.00 bits per heavy atom. The second-order valence-electron chi connectivity index (χ2n) is 6.08. The van der Waals surface area contributed by atoms with Gasteiger partial charge >= 0.3 is 0 Å². The Morgan fingerprint density at radius 1 is 1.26 bits per heavy atom. The molecule has 1 aromatic carbocycles. The maximum Gasteiger partial charge on any atom is 0.231 e. The van der Waals surface area contributed by atoms with Crippen molar-refractivity contribution < 1.29 is 4.52 Å². The smallest absolute Gasteiger partial charge is 0.231 e. The summed E-state index contributed by atoms with van der Waals surface area (Å²) in [5, 5.41) is 6.16. The van der Waals surface area contributed by atoms with Crippen LogP contribution >= 0.6 is 11.3 Å². The second kappa shape index (κ2) is 6.26. The maximum atomic E-state index is 5.51. The van der Waals surface area contributed by atoms with Gasteiger partial charge in [-0.2, -0.15) is 4.98 Å². The van der Waals surface area contributed by atoms with E-state index in [1.807, 2.05) is 17.5 Å². The lowest BCUT2D eigenvalue weighted by atomic mass is 10.1. The molecule has 4 nitrogen and oxygen atoms in total. The molecule has 0 aliphatic carbocycles. The van der Waals surface area contributed by atoms with E-state index in [0.717, 1.165) is 36.8 Å². The van der Waals surface area contributed by atoms with E-state index >= 15 is 0 Å². The van der Waals surface area contributed by atoms with E-state index in [-0.39, 0.29) is 0 Å². The number of likely N-dealkylation sites (tertiary alicyclic amines) is 1. The van der Waals surface area contributed by atoms with Crippen LogP contribution in [0.15, 0.2) is 46.3 Å². The third-order valence-corrected chi connectivity index (χ3v) is 5.33. The molecule has 1 unspecified atom stereocenters. The molecule has 0 radical (unpaired) electrons. The first-order chi connectivity index (χ1) is 11.3. The Bertz CT molecular complexity index is 781. The monoisotopic (exact) mass is 325 g/mol. The molecular weight excluding hydrogens is 306 g/mol. The largest absolute Gasteiger partial charge is 0.339 e. The third kappa shape index (κ3) is 3.07. The summed E-state index contributed by atoms with van der Waals surface area (Å²) in [7, 11) is 0. The van der Waals surface area contributed by atoms with Gasteiger partial charge in [-0.1, -0.05) is 35.5 Å². The first kappa shape index (κ1) is 14.6. The summed E-state index contributed by atoms with van der Waals surface area (Å²) in [5.74, 6) is 1.84. The second-order valence-corrected chi connectivity index (χ2v) is 7.03. The Kier molecular flexibility index (Phi) is 3.97. The van der Waals surface area contributed by atoms with E-state index in [2.05, 4.69) is 46.2 Å². The Balaban J connectivity index is 1.43. The third-order valence-electron chi connectivity index (χ3n) is 4.46. The number of nitrogens with zero attached hydrogens (tertiary/aromatic N) is 3. The van der Waals surface area contributed by atoms with Gasteiger partial charge in [-0.05, 0) is 42.5 Å². The van der Waals surface area contributed by atoms with E-state index in [1.165, 1.54) is 11.1 Å². The van der Waals surface area contributed by atoms with Crippen molar-refractivity contribution in [2.75, 3.05) is 13.1 Å². The molecule has 0 bridgehead atoms. The average Bonchev–Trinajstić information content (AvgIpc) is 3.30. The molecular formula is C18H19N3OS. The van der Waals surface area contributed by atoms with E-state index in [1.54, 1.807) is 11.3 Å². The van der Waals surface area contributed by atoms with E-state index in [9.17, 15) is 0 Å². The molecule has 0 saturated carbocycles. The van der Waals surface area contributed by atoms with Crippen LogP contribution in [0.1, 0.15) is 29.4 Å². The topological polar surface area (TPSA) is 42.2 Å². The minimum Gasteiger partial charge on any atom is -0.339 e. The van der Waals surface area contributed by atoms with Gasteiger partial charge in [0.25, 0.3) is 0 Å². The molecule has 23 heavy (non-hydrogen) atoms. The zero-order valence-corrected chi connectivity index (χ0v) is 13.9. The lowest BCUT2D eigenvalue weighted by Gasteiger charge is -2.16. The highest BCUT2D eigenvalue weighted by atomic mass is 32.1. The quantitative estimate of drug-likeness (QED) is 0.724. The molecule has 0 N–H and O–H groups in total. The fourth-order valence-electron chi connectivity index (χ4n) is 3.11. The van der Waals surface area contributed by atoms with Gasteiger partial charge < -0.3 is 4.52 Å². The minimum absolute atomic E-state index is 0.347. The maximum absolute atomic E-state index is 5.51. The van der Waals surface area contributed by atoms with E-state index < -0.39 is 0 Å². The zero-order chi connectivity index (χ0) is 15.6. The number of thiophene rings is 1. The molecule has 118 valence electrons. The van der Waals surface area contributed by atoms with Crippen LogP contribution in [-0.4, -0.2) is 28.1 Å². The highest BCUT2D eigenvalue weighted by Crippen LogP contribution is 2.30. The Morgan fingerprint density at radius 2 is 2.17 bits per heavy atom. The highest BCUT2D eigenvalue weighted by Gasteiger charge is 2.28. The van der Waals surface area contributed by atoms with Gasteiger partial charge in [-0.25, -0.2) is 0 Å². The summed E-state index contributed by atoms with van der Waals surface area (Å²) < 4.78 is 5.51. The predicted molar refractivity (Wildman–Crippen MR) is 91.4 cm³/mol. The van der Waals surface area contributed by atoms with Crippen LogP contribution in [0.25, 0.3) is 10.7 Å². The molecule has 1 aliphatic rings. The summed E-state index contributed by atoms with van der Waals surface area (Å²) in [5.41, 5.74) is 2.76. The molecule has 1 atom stereocenters. The van der Waals surface area contributed by atoms with Crippen LogP contribution in [0.4, 0.5) is 0 Å². The first-order valence-corrected chi connectivity index (χ1v) is 8.82. The van der Waals surface area contributed by atoms with Gasteiger partial charge in [-0.3, -0.25) is 4.90 Å². The lowest BCUT2D eigenvalue weighted by molar-refractivity contribution is 0.309. The van der Waals surface area contributed by atoms with Gasteiger partial charge in [-0.15, -0.1) is 11.3 Å². The molecule has 0 amide bonds. The predicted octanol–water partition coefficient (Wildman–Crippen LogP) is 4.10. The molecule has 1 aliphatic heterocycles.